The van der Waals surface area contributed by atoms with E-state index in [-0.39, 0.29) is 18.0 Å². The Labute approximate surface area is 142 Å². The van der Waals surface area contributed by atoms with E-state index in [9.17, 15) is 4.79 Å². The number of methoxy groups -OCH3 is 1. The van der Waals surface area contributed by atoms with Gasteiger partial charge in [-0.05, 0) is 57.4 Å². The minimum Gasteiger partial charge on any atom is -0.496 e. The molecule has 1 aromatic carbocycles. The van der Waals surface area contributed by atoms with Crippen molar-refractivity contribution in [1.82, 2.24) is 4.90 Å². The average molecular weight is 328 g/mol. The van der Waals surface area contributed by atoms with E-state index in [2.05, 4.69) is 13.8 Å². The number of carbonyl (C=O) groups is 1. The minimum atomic E-state index is -0.0460. The summed E-state index contributed by atoms with van der Waals surface area (Å²) in [5.41, 5.74) is 7.19. The fourth-order valence-corrected chi connectivity index (χ4v) is 3.46. The van der Waals surface area contributed by atoms with Crippen molar-refractivity contribution in [2.24, 2.45) is 0 Å². The van der Waals surface area contributed by atoms with Crippen LogP contribution in [0.2, 0.25) is 0 Å². The molecule has 24 heavy (non-hydrogen) atoms. The van der Waals surface area contributed by atoms with Crippen molar-refractivity contribution in [2.45, 2.75) is 45.2 Å². The first-order chi connectivity index (χ1) is 11.5. The predicted octanol–water partition coefficient (Wildman–Crippen LogP) is 3.94. The number of carbonyl (C=O) groups excluding carboxylic acids is 1. The summed E-state index contributed by atoms with van der Waals surface area (Å²) >= 11 is 0. The lowest BCUT2D eigenvalue weighted by atomic mass is 9.97. The van der Waals surface area contributed by atoms with E-state index in [0.717, 1.165) is 24.8 Å². The Balaban J connectivity index is 1.89. The Morgan fingerprint density at radius 1 is 1.21 bits per heavy atom. The standard InChI is InChI=1S/C19H24N2O3/c1-12-5-4-6-13(2)21(12)19(22)17-10-9-16(24-17)15-8-7-14(20)11-18(15)23-3/h7-13H,4-6,20H2,1-3H3/t12-,13-/m0/s1. The van der Waals surface area contributed by atoms with Crippen LogP contribution in [0.1, 0.15) is 43.7 Å². The largest absolute Gasteiger partial charge is 0.496 e. The second-order valence-electron chi connectivity index (χ2n) is 6.46. The predicted molar refractivity (Wildman–Crippen MR) is 94.1 cm³/mol. The van der Waals surface area contributed by atoms with E-state index < -0.39 is 0 Å². The number of likely N-dealkylation sites (tertiary alicyclic amines) is 1. The maximum atomic E-state index is 12.9. The molecular weight excluding hydrogens is 304 g/mol. The molecule has 2 aromatic rings. The molecule has 1 amide bonds. The fourth-order valence-electron chi connectivity index (χ4n) is 3.46. The van der Waals surface area contributed by atoms with Crippen molar-refractivity contribution in [2.75, 3.05) is 12.8 Å². The number of hydrogen-bond acceptors (Lipinski definition) is 4. The highest BCUT2D eigenvalue weighted by Gasteiger charge is 2.31. The number of ether oxygens (including phenoxy) is 1. The highest BCUT2D eigenvalue weighted by molar-refractivity contribution is 5.92. The zero-order chi connectivity index (χ0) is 17.3. The summed E-state index contributed by atoms with van der Waals surface area (Å²) in [5.74, 6) is 1.55. The van der Waals surface area contributed by atoms with Crippen LogP contribution in [0.3, 0.4) is 0 Å². The molecule has 1 aliphatic rings. The Hall–Kier alpha value is -2.43. The van der Waals surface area contributed by atoms with Crippen LogP contribution in [0.4, 0.5) is 5.69 Å². The quantitative estimate of drug-likeness (QED) is 0.867. The molecule has 5 nitrogen and oxygen atoms in total. The van der Waals surface area contributed by atoms with E-state index in [1.807, 2.05) is 11.0 Å². The maximum Gasteiger partial charge on any atom is 0.290 e. The van der Waals surface area contributed by atoms with E-state index in [4.69, 9.17) is 14.9 Å². The number of hydrogen-bond donors (Lipinski definition) is 1. The first-order valence-corrected chi connectivity index (χ1v) is 8.37. The smallest absolute Gasteiger partial charge is 0.290 e. The zero-order valence-electron chi connectivity index (χ0n) is 14.4. The third kappa shape index (κ3) is 2.98. The van der Waals surface area contributed by atoms with Gasteiger partial charge in [0.15, 0.2) is 5.76 Å². The molecule has 128 valence electrons. The molecule has 0 aliphatic carbocycles. The fraction of sp³-hybridized carbons (Fsp3) is 0.421. The van der Waals surface area contributed by atoms with Crippen LogP contribution in [-0.2, 0) is 0 Å². The second kappa shape index (κ2) is 6.59. The van der Waals surface area contributed by atoms with Gasteiger partial charge in [0.1, 0.15) is 11.5 Å². The third-order valence-electron chi connectivity index (χ3n) is 4.74. The number of rotatable bonds is 3. The van der Waals surface area contributed by atoms with Gasteiger partial charge >= 0.3 is 0 Å². The van der Waals surface area contributed by atoms with Gasteiger partial charge in [0.2, 0.25) is 0 Å². The van der Waals surface area contributed by atoms with Crippen molar-refractivity contribution in [3.63, 3.8) is 0 Å². The first-order valence-electron chi connectivity index (χ1n) is 8.37. The van der Waals surface area contributed by atoms with Crippen molar-refractivity contribution < 1.29 is 13.9 Å². The summed E-state index contributed by atoms with van der Waals surface area (Å²) in [5, 5.41) is 0. The van der Waals surface area contributed by atoms with E-state index in [0.29, 0.717) is 23.0 Å². The van der Waals surface area contributed by atoms with Crippen molar-refractivity contribution >= 4 is 11.6 Å². The summed E-state index contributed by atoms with van der Waals surface area (Å²) in [6, 6.07) is 9.39. The van der Waals surface area contributed by atoms with Crippen LogP contribution in [0.5, 0.6) is 5.75 Å². The molecule has 0 radical (unpaired) electrons. The van der Waals surface area contributed by atoms with Gasteiger partial charge < -0.3 is 19.8 Å². The molecule has 2 N–H and O–H groups in total. The van der Waals surface area contributed by atoms with Gasteiger partial charge in [0.05, 0.1) is 12.7 Å². The second-order valence-corrected chi connectivity index (χ2v) is 6.46. The number of nitrogens with two attached hydrogens (primary N) is 1. The summed E-state index contributed by atoms with van der Waals surface area (Å²) in [6.07, 6.45) is 3.24. The molecule has 1 fully saturated rings. The van der Waals surface area contributed by atoms with Crippen LogP contribution >= 0.6 is 0 Å². The monoisotopic (exact) mass is 328 g/mol. The molecular formula is C19H24N2O3. The van der Waals surface area contributed by atoms with Gasteiger partial charge in [0, 0.05) is 23.8 Å². The Kier molecular flexibility index (Phi) is 4.51. The van der Waals surface area contributed by atoms with Crippen LogP contribution in [0.15, 0.2) is 34.7 Å². The van der Waals surface area contributed by atoms with E-state index >= 15 is 0 Å². The van der Waals surface area contributed by atoms with E-state index in [1.54, 1.807) is 31.4 Å². The number of nitrogen functional groups attached to an aromatic ring is 1. The normalized spacial score (nSPS) is 20.9. The number of piperidine rings is 1. The van der Waals surface area contributed by atoms with Gasteiger partial charge in [-0.25, -0.2) is 0 Å². The molecule has 2 atom stereocenters. The van der Waals surface area contributed by atoms with Gasteiger partial charge in [-0.3, -0.25) is 4.79 Å². The topological polar surface area (TPSA) is 68.7 Å². The lowest BCUT2D eigenvalue weighted by molar-refractivity contribution is 0.0479. The van der Waals surface area contributed by atoms with Gasteiger partial charge in [0.25, 0.3) is 5.91 Å². The van der Waals surface area contributed by atoms with Gasteiger partial charge in [-0.1, -0.05) is 0 Å². The highest BCUT2D eigenvalue weighted by Crippen LogP contribution is 2.34. The van der Waals surface area contributed by atoms with Crippen molar-refractivity contribution in [3.05, 3.63) is 36.1 Å². The van der Waals surface area contributed by atoms with Crippen LogP contribution in [0, 0.1) is 0 Å². The molecule has 0 unspecified atom stereocenters. The zero-order valence-corrected chi connectivity index (χ0v) is 14.4. The van der Waals surface area contributed by atoms with Crippen LogP contribution in [0.25, 0.3) is 11.3 Å². The summed E-state index contributed by atoms with van der Waals surface area (Å²) < 4.78 is 11.2. The summed E-state index contributed by atoms with van der Waals surface area (Å²) in [4.78, 5) is 14.8. The molecule has 1 saturated heterocycles. The minimum absolute atomic E-state index is 0.0460. The average Bonchev–Trinajstić information content (AvgIpc) is 3.04. The molecule has 1 aromatic heterocycles. The Morgan fingerprint density at radius 2 is 1.92 bits per heavy atom. The highest BCUT2D eigenvalue weighted by atomic mass is 16.5. The molecule has 0 spiro atoms. The molecule has 0 saturated carbocycles. The SMILES string of the molecule is COc1cc(N)ccc1-c1ccc(C(=O)N2[C@@H](C)CCC[C@@H]2C)o1. The lowest BCUT2D eigenvalue weighted by Gasteiger charge is -2.38. The lowest BCUT2D eigenvalue weighted by Crippen LogP contribution is -2.47. The molecule has 1 aliphatic heterocycles. The van der Waals surface area contributed by atoms with Crippen molar-refractivity contribution in [1.29, 1.82) is 0 Å². The molecule has 3 rings (SSSR count). The number of amides is 1. The van der Waals surface area contributed by atoms with Crippen molar-refractivity contribution in [3.8, 4) is 17.1 Å². The Bertz CT molecular complexity index is 728. The summed E-state index contributed by atoms with van der Waals surface area (Å²) in [7, 11) is 1.59. The Morgan fingerprint density at radius 3 is 2.58 bits per heavy atom. The summed E-state index contributed by atoms with van der Waals surface area (Å²) in [6.45, 7) is 4.20. The maximum absolute atomic E-state index is 12.9. The molecule has 0 bridgehead atoms. The van der Waals surface area contributed by atoms with Gasteiger partial charge in [-0.2, -0.15) is 0 Å². The number of nitrogens with zero attached hydrogens (tertiary/aromatic N) is 1. The number of furan rings is 1. The molecule has 2 heterocycles. The first kappa shape index (κ1) is 16.4. The number of anilines is 1. The van der Waals surface area contributed by atoms with Gasteiger partial charge in [-0.15, -0.1) is 0 Å². The van der Waals surface area contributed by atoms with E-state index in [1.165, 1.54) is 0 Å². The number of benzene rings is 1. The molecule has 5 heteroatoms. The third-order valence-corrected chi connectivity index (χ3v) is 4.74. The van der Waals surface area contributed by atoms with Crippen LogP contribution in [-0.4, -0.2) is 30.0 Å². The van der Waals surface area contributed by atoms with Crippen LogP contribution < -0.4 is 10.5 Å².